The number of benzene rings is 4. The minimum Gasteiger partial charge on any atom is -0.283 e. The molecule has 11 heteroatoms. The second-order valence-electron chi connectivity index (χ2n) is 8.01. The van der Waals surface area contributed by atoms with Crippen molar-refractivity contribution in [3.63, 3.8) is 0 Å². The van der Waals surface area contributed by atoms with Crippen molar-refractivity contribution < 1.29 is 34.2 Å². The molecule has 0 fully saturated rings. The summed E-state index contributed by atoms with van der Waals surface area (Å²) in [6, 6.07) is 26.0. The van der Waals surface area contributed by atoms with Crippen molar-refractivity contribution in [3.8, 4) is 11.5 Å². The molecule has 11 nitrogen and oxygen atoms in total. The number of hydrogen-bond donors (Lipinski definition) is 0. The second-order valence-corrected chi connectivity index (χ2v) is 8.01. The fourth-order valence-corrected chi connectivity index (χ4v) is 3.60. The summed E-state index contributed by atoms with van der Waals surface area (Å²) in [6.45, 7) is 0. The first-order chi connectivity index (χ1) is 18.4. The van der Waals surface area contributed by atoms with E-state index in [0.29, 0.717) is 11.1 Å². The molecule has 0 aliphatic heterocycles. The topological polar surface area (TPSA) is 140 Å². The average molecular weight is 516 g/mol. The van der Waals surface area contributed by atoms with E-state index in [1.165, 1.54) is 36.4 Å². The Balaban J connectivity index is 1.44. The molecule has 0 aliphatic carbocycles. The summed E-state index contributed by atoms with van der Waals surface area (Å²) in [5, 5.41) is 22.4. The van der Waals surface area contributed by atoms with Crippen molar-refractivity contribution in [1.82, 2.24) is 0 Å². The summed E-state index contributed by atoms with van der Waals surface area (Å²) in [7, 11) is 0. The quantitative estimate of drug-likeness (QED) is 0.138. The minimum absolute atomic E-state index is 0.0662. The van der Waals surface area contributed by atoms with Gasteiger partial charge in [-0.1, -0.05) is 60.7 Å². The van der Waals surface area contributed by atoms with Gasteiger partial charge in [0.15, 0.2) is 11.5 Å². The van der Waals surface area contributed by atoms with Gasteiger partial charge in [-0.2, -0.15) is 4.79 Å². The third-order valence-corrected chi connectivity index (χ3v) is 5.38. The monoisotopic (exact) mass is 516 g/mol. The van der Waals surface area contributed by atoms with Gasteiger partial charge in [-0.15, -0.1) is 0 Å². The molecular weight excluding hydrogens is 496 g/mol. The first kappa shape index (κ1) is 25.6. The predicted octanol–water partition coefficient (Wildman–Crippen LogP) is 6.13. The van der Waals surface area contributed by atoms with Crippen LogP contribution < -0.4 is 9.78 Å². The van der Waals surface area contributed by atoms with Crippen LogP contribution in [0.2, 0.25) is 0 Å². The summed E-state index contributed by atoms with van der Waals surface area (Å²) in [6.07, 6.45) is -0.811. The Morgan fingerprint density at radius 1 is 0.605 bits per heavy atom. The lowest BCUT2D eigenvalue weighted by molar-refractivity contribution is -0.385. The molecule has 0 N–H and O–H groups in total. The van der Waals surface area contributed by atoms with E-state index >= 15 is 0 Å². The van der Waals surface area contributed by atoms with Gasteiger partial charge in [0, 0.05) is 48.2 Å². The van der Waals surface area contributed by atoms with E-state index in [1.807, 2.05) is 60.7 Å². The predicted molar refractivity (Wildman–Crippen MR) is 134 cm³/mol. The minimum atomic E-state index is -1.36. The second kappa shape index (κ2) is 12.0. The molecule has 0 atom stereocenters. The Kier molecular flexibility index (Phi) is 8.09. The molecular formula is C27H20N2O9. The highest BCUT2D eigenvalue weighted by molar-refractivity contribution is 5.59. The maximum absolute atomic E-state index is 12.2. The highest BCUT2D eigenvalue weighted by Gasteiger charge is 2.18. The van der Waals surface area contributed by atoms with Gasteiger partial charge in [-0.25, -0.2) is 9.78 Å². The van der Waals surface area contributed by atoms with Gasteiger partial charge in [-0.3, -0.25) is 30.0 Å². The van der Waals surface area contributed by atoms with Crippen LogP contribution in [0.1, 0.15) is 22.3 Å². The first-order valence-electron chi connectivity index (χ1n) is 11.2. The molecule has 192 valence electrons. The lowest BCUT2D eigenvalue weighted by Gasteiger charge is -2.11. The molecule has 0 radical (unpaired) electrons. The zero-order valence-corrected chi connectivity index (χ0v) is 19.7. The number of hydrogen-bond acceptors (Lipinski definition) is 9. The van der Waals surface area contributed by atoms with Crippen LogP contribution in [0, 0.1) is 20.2 Å². The van der Waals surface area contributed by atoms with Crippen LogP contribution >= 0.6 is 0 Å². The lowest BCUT2D eigenvalue weighted by Crippen LogP contribution is -2.14. The van der Waals surface area contributed by atoms with Crippen molar-refractivity contribution in [2.75, 3.05) is 0 Å². The SMILES string of the molecule is O=C(OOc1ccc([N+](=O)[O-])cc1Cc1ccccc1)OOc1ccc([N+](=O)[O-])cc1Cc1ccccc1. The molecule has 0 heterocycles. The van der Waals surface area contributed by atoms with E-state index in [9.17, 15) is 25.0 Å². The third-order valence-electron chi connectivity index (χ3n) is 5.38. The Morgan fingerprint density at radius 2 is 1.00 bits per heavy atom. The van der Waals surface area contributed by atoms with Crippen molar-refractivity contribution >= 4 is 17.5 Å². The van der Waals surface area contributed by atoms with Gasteiger partial charge in [-0.05, 0) is 23.3 Å². The zero-order chi connectivity index (χ0) is 26.9. The van der Waals surface area contributed by atoms with E-state index in [0.717, 1.165) is 11.1 Å². The normalized spacial score (nSPS) is 10.3. The van der Waals surface area contributed by atoms with Crippen molar-refractivity contribution in [2.45, 2.75) is 12.8 Å². The summed E-state index contributed by atoms with van der Waals surface area (Å²) < 4.78 is 0. The zero-order valence-electron chi connectivity index (χ0n) is 19.7. The van der Waals surface area contributed by atoms with Crippen molar-refractivity contribution in [1.29, 1.82) is 0 Å². The highest BCUT2D eigenvalue weighted by atomic mass is 17.3. The van der Waals surface area contributed by atoms with Crippen molar-refractivity contribution in [2.24, 2.45) is 0 Å². The number of nitrogens with zero attached hydrogens (tertiary/aromatic N) is 2. The van der Waals surface area contributed by atoms with E-state index < -0.39 is 16.0 Å². The van der Waals surface area contributed by atoms with E-state index in [-0.39, 0.29) is 35.7 Å². The largest absolute Gasteiger partial charge is 0.591 e. The smallest absolute Gasteiger partial charge is 0.283 e. The Morgan fingerprint density at radius 3 is 1.37 bits per heavy atom. The molecule has 0 spiro atoms. The molecule has 0 unspecified atom stereocenters. The van der Waals surface area contributed by atoms with Gasteiger partial charge >= 0.3 is 6.16 Å². The number of nitro benzene ring substituents is 2. The van der Waals surface area contributed by atoms with Crippen LogP contribution in [-0.2, 0) is 22.6 Å². The number of non-ortho nitro benzene ring substituents is 2. The van der Waals surface area contributed by atoms with Crippen LogP contribution in [0.4, 0.5) is 16.2 Å². The molecule has 4 aromatic carbocycles. The van der Waals surface area contributed by atoms with E-state index in [1.54, 1.807) is 0 Å². The molecule has 0 amide bonds. The van der Waals surface area contributed by atoms with Crippen LogP contribution in [0.25, 0.3) is 0 Å². The van der Waals surface area contributed by atoms with Crippen LogP contribution in [0.15, 0.2) is 97.1 Å². The molecule has 0 bridgehead atoms. The third kappa shape index (κ3) is 6.82. The van der Waals surface area contributed by atoms with Crippen LogP contribution in [0.5, 0.6) is 11.5 Å². The Hall–Kier alpha value is -5.45. The molecule has 38 heavy (non-hydrogen) atoms. The van der Waals surface area contributed by atoms with Gasteiger partial charge < -0.3 is 0 Å². The number of rotatable bonds is 10. The van der Waals surface area contributed by atoms with Gasteiger partial charge in [0.1, 0.15) is 0 Å². The first-order valence-corrected chi connectivity index (χ1v) is 11.2. The Bertz CT molecular complexity index is 1330. The van der Waals surface area contributed by atoms with Gasteiger partial charge in [0.25, 0.3) is 11.4 Å². The molecule has 4 rings (SSSR count). The summed E-state index contributed by atoms with van der Waals surface area (Å²) >= 11 is 0. The van der Waals surface area contributed by atoms with Gasteiger partial charge in [0.05, 0.1) is 9.85 Å². The average Bonchev–Trinajstić information content (AvgIpc) is 2.92. The fraction of sp³-hybridized carbons (Fsp3) is 0.0741. The number of carbonyl (C=O) groups is 1. The molecule has 0 saturated heterocycles. The highest BCUT2D eigenvalue weighted by Crippen LogP contribution is 2.28. The fourth-order valence-electron chi connectivity index (χ4n) is 3.60. The van der Waals surface area contributed by atoms with Crippen LogP contribution in [-0.4, -0.2) is 16.0 Å². The summed E-state index contributed by atoms with van der Waals surface area (Å²) in [5.41, 5.74) is 2.21. The van der Waals surface area contributed by atoms with Crippen molar-refractivity contribution in [3.05, 3.63) is 140 Å². The van der Waals surface area contributed by atoms with E-state index in [2.05, 4.69) is 9.78 Å². The molecule has 0 saturated carbocycles. The lowest BCUT2D eigenvalue weighted by atomic mass is 10.0. The molecule has 0 aromatic heterocycles. The maximum atomic E-state index is 12.2. The number of nitro groups is 2. The molecule has 4 aromatic rings. The number of carbonyl (C=O) groups excluding carboxylic acids is 1. The maximum Gasteiger partial charge on any atom is 0.591 e. The summed E-state index contributed by atoms with van der Waals surface area (Å²) in [5.74, 6) is 0.132. The van der Waals surface area contributed by atoms with Crippen LogP contribution in [0.3, 0.4) is 0 Å². The van der Waals surface area contributed by atoms with Gasteiger partial charge in [0.2, 0.25) is 0 Å². The standard InChI is InChI=1S/C27H20N2O9/c30-27(37-35-25-13-11-23(28(31)32)17-21(25)15-19-7-3-1-4-8-19)38-36-26-14-12-24(29(33)34)18-22(26)16-20-9-5-2-6-10-20/h1-14,17-18H,15-16H2. The molecule has 0 aliphatic rings. The van der Waals surface area contributed by atoms with E-state index in [4.69, 9.17) is 9.78 Å². The Labute approximate surface area is 215 Å². The summed E-state index contributed by atoms with van der Waals surface area (Å²) in [4.78, 5) is 53.1.